The van der Waals surface area contributed by atoms with Crippen LogP contribution in [-0.2, 0) is 14.3 Å². The highest BCUT2D eigenvalue weighted by atomic mass is 32.2. The van der Waals surface area contributed by atoms with Gasteiger partial charge in [0.25, 0.3) is 11.8 Å². The Morgan fingerprint density at radius 1 is 1.09 bits per heavy atom. The van der Waals surface area contributed by atoms with Gasteiger partial charge in [0.15, 0.2) is 5.17 Å². The fraction of sp³-hybridized carbons (Fsp3) is 0.545. The number of likely N-dealkylation sites (tertiary alicyclic amines) is 1. The predicted octanol–water partition coefficient (Wildman–Crippen LogP) is 1.17. The van der Waals surface area contributed by atoms with Gasteiger partial charge < -0.3 is 20.3 Å². The Kier molecular flexibility index (Phi) is 7.77. The molecular weight excluding hydrogens is 430 g/mol. The lowest BCUT2D eigenvalue weighted by molar-refractivity contribution is -0.121. The highest BCUT2D eigenvalue weighted by Gasteiger charge is 2.33. The number of rotatable bonds is 7. The number of thioether (sulfide) groups is 1. The zero-order valence-corrected chi connectivity index (χ0v) is 18.9. The molecule has 0 saturated carbocycles. The van der Waals surface area contributed by atoms with Crippen LogP contribution in [0.3, 0.4) is 0 Å². The van der Waals surface area contributed by atoms with Crippen molar-refractivity contribution in [3.63, 3.8) is 0 Å². The van der Waals surface area contributed by atoms with E-state index in [4.69, 9.17) is 4.74 Å². The monoisotopic (exact) mass is 459 g/mol. The van der Waals surface area contributed by atoms with Crippen molar-refractivity contribution in [2.45, 2.75) is 24.5 Å². The minimum Gasteiger partial charge on any atom is -0.379 e. The molecule has 0 radical (unpaired) electrons. The number of amides is 3. The summed E-state index contributed by atoms with van der Waals surface area (Å²) in [5, 5.41) is 6.00. The summed E-state index contributed by atoms with van der Waals surface area (Å²) in [6.45, 7) is 6.47. The number of morpholine rings is 1. The number of aliphatic imine (C=N–C) groups is 1. The van der Waals surface area contributed by atoms with Crippen LogP contribution in [0.15, 0.2) is 29.3 Å². The van der Waals surface area contributed by atoms with Crippen LogP contribution in [0.1, 0.15) is 29.6 Å². The van der Waals surface area contributed by atoms with Gasteiger partial charge in [-0.15, -0.1) is 0 Å². The van der Waals surface area contributed by atoms with Crippen LogP contribution in [0.4, 0.5) is 5.69 Å². The molecule has 1 atom stereocenters. The van der Waals surface area contributed by atoms with E-state index in [1.54, 1.807) is 24.3 Å². The van der Waals surface area contributed by atoms with Gasteiger partial charge in [-0.05, 0) is 37.1 Å². The van der Waals surface area contributed by atoms with Crippen molar-refractivity contribution >= 4 is 40.3 Å². The van der Waals surface area contributed by atoms with Crippen LogP contribution >= 0.6 is 11.8 Å². The minimum absolute atomic E-state index is 0.0775. The SMILES string of the molecule is O=C(CC1SC(N2CCCC2)=NC1=O)Nc1ccc(C(=O)NCCN2CCOCC2)cc1. The first-order valence-corrected chi connectivity index (χ1v) is 12.0. The van der Waals surface area contributed by atoms with E-state index in [0.29, 0.717) is 17.8 Å². The summed E-state index contributed by atoms with van der Waals surface area (Å²) in [5.74, 6) is -0.622. The number of nitrogens with one attached hydrogen (secondary N) is 2. The van der Waals surface area contributed by atoms with E-state index >= 15 is 0 Å². The molecule has 172 valence electrons. The van der Waals surface area contributed by atoms with E-state index in [9.17, 15) is 14.4 Å². The molecule has 3 amide bonds. The van der Waals surface area contributed by atoms with E-state index in [2.05, 4.69) is 25.4 Å². The van der Waals surface area contributed by atoms with Crippen molar-refractivity contribution in [3.05, 3.63) is 29.8 Å². The van der Waals surface area contributed by atoms with E-state index < -0.39 is 5.25 Å². The van der Waals surface area contributed by atoms with Gasteiger partial charge in [0.1, 0.15) is 5.25 Å². The zero-order valence-electron chi connectivity index (χ0n) is 18.0. The first kappa shape index (κ1) is 22.8. The van der Waals surface area contributed by atoms with E-state index in [1.807, 2.05) is 0 Å². The average Bonchev–Trinajstić information content (AvgIpc) is 3.45. The summed E-state index contributed by atoms with van der Waals surface area (Å²) in [7, 11) is 0. The number of hydrogen-bond donors (Lipinski definition) is 2. The summed E-state index contributed by atoms with van der Waals surface area (Å²) in [6, 6.07) is 6.77. The largest absolute Gasteiger partial charge is 0.379 e. The Morgan fingerprint density at radius 2 is 1.81 bits per heavy atom. The minimum atomic E-state index is -0.470. The lowest BCUT2D eigenvalue weighted by Gasteiger charge is -2.26. The quantitative estimate of drug-likeness (QED) is 0.631. The standard InChI is InChI=1S/C22H29N5O4S/c28-19(15-18-21(30)25-22(32-18)27-8-1-2-9-27)24-17-5-3-16(4-6-17)20(29)23-7-10-26-11-13-31-14-12-26/h3-6,18H,1-2,7-15H2,(H,23,29)(H,24,28). The lowest BCUT2D eigenvalue weighted by atomic mass is 10.2. The molecule has 0 aliphatic carbocycles. The molecule has 3 aliphatic heterocycles. The van der Waals surface area contributed by atoms with E-state index in [0.717, 1.165) is 63.9 Å². The Hall–Kier alpha value is -2.43. The summed E-state index contributed by atoms with van der Waals surface area (Å²) in [5.41, 5.74) is 1.13. The first-order chi connectivity index (χ1) is 15.6. The van der Waals surface area contributed by atoms with Crippen LogP contribution < -0.4 is 10.6 Å². The van der Waals surface area contributed by atoms with Crippen molar-refractivity contribution in [1.29, 1.82) is 0 Å². The Bertz CT molecular complexity index is 864. The van der Waals surface area contributed by atoms with Crippen molar-refractivity contribution in [1.82, 2.24) is 15.1 Å². The molecule has 3 aliphatic rings. The van der Waals surface area contributed by atoms with E-state index in [1.165, 1.54) is 11.8 Å². The second-order valence-electron chi connectivity index (χ2n) is 8.07. The third kappa shape index (κ3) is 6.08. The van der Waals surface area contributed by atoms with Crippen LogP contribution in [0.25, 0.3) is 0 Å². The normalized spacial score (nSPS) is 21.5. The molecule has 1 aromatic carbocycles. The van der Waals surface area contributed by atoms with Gasteiger partial charge in [0, 0.05) is 56.9 Å². The fourth-order valence-corrected chi connectivity index (χ4v) is 5.01. The van der Waals surface area contributed by atoms with Gasteiger partial charge in [-0.3, -0.25) is 19.3 Å². The molecule has 2 fully saturated rings. The second kappa shape index (κ2) is 10.9. The maximum Gasteiger partial charge on any atom is 0.262 e. The van der Waals surface area contributed by atoms with Crippen LogP contribution in [0.2, 0.25) is 0 Å². The van der Waals surface area contributed by atoms with Crippen molar-refractivity contribution in [2.24, 2.45) is 4.99 Å². The number of anilines is 1. The number of carbonyl (C=O) groups is 3. The van der Waals surface area contributed by atoms with Crippen molar-refractivity contribution in [3.8, 4) is 0 Å². The van der Waals surface area contributed by atoms with Gasteiger partial charge in [-0.25, -0.2) is 0 Å². The second-order valence-corrected chi connectivity index (χ2v) is 9.24. The number of nitrogens with zero attached hydrogens (tertiary/aromatic N) is 3. The zero-order chi connectivity index (χ0) is 22.3. The number of ether oxygens (including phenoxy) is 1. The van der Waals surface area contributed by atoms with Crippen molar-refractivity contribution < 1.29 is 19.1 Å². The summed E-state index contributed by atoms with van der Waals surface area (Å²) < 4.78 is 5.32. The molecule has 2 saturated heterocycles. The third-order valence-electron chi connectivity index (χ3n) is 5.72. The highest BCUT2D eigenvalue weighted by molar-refractivity contribution is 8.15. The summed E-state index contributed by atoms with van der Waals surface area (Å²) >= 11 is 1.38. The van der Waals surface area contributed by atoms with Crippen molar-refractivity contribution in [2.75, 3.05) is 57.8 Å². The number of benzene rings is 1. The topological polar surface area (TPSA) is 103 Å². The third-order valence-corrected chi connectivity index (χ3v) is 6.94. The van der Waals surface area contributed by atoms with Crippen LogP contribution in [0.5, 0.6) is 0 Å². The molecule has 1 aromatic rings. The molecule has 3 heterocycles. The first-order valence-electron chi connectivity index (χ1n) is 11.1. The lowest BCUT2D eigenvalue weighted by Crippen LogP contribution is -2.41. The molecule has 0 spiro atoms. The number of hydrogen-bond acceptors (Lipinski definition) is 7. The molecule has 2 N–H and O–H groups in total. The maximum absolute atomic E-state index is 12.4. The average molecular weight is 460 g/mol. The number of amidine groups is 1. The van der Waals surface area contributed by atoms with Gasteiger partial charge in [-0.1, -0.05) is 11.8 Å². The molecule has 1 unspecified atom stereocenters. The highest BCUT2D eigenvalue weighted by Crippen LogP contribution is 2.29. The van der Waals surface area contributed by atoms with Gasteiger partial charge in [0.05, 0.1) is 13.2 Å². The summed E-state index contributed by atoms with van der Waals surface area (Å²) in [6.07, 6.45) is 2.30. The van der Waals surface area contributed by atoms with Gasteiger partial charge >= 0.3 is 0 Å². The van der Waals surface area contributed by atoms with E-state index in [-0.39, 0.29) is 24.1 Å². The maximum atomic E-state index is 12.4. The molecule has 32 heavy (non-hydrogen) atoms. The Morgan fingerprint density at radius 3 is 2.53 bits per heavy atom. The molecule has 0 aromatic heterocycles. The summed E-state index contributed by atoms with van der Waals surface area (Å²) in [4.78, 5) is 45.4. The number of carbonyl (C=O) groups excluding carboxylic acids is 3. The predicted molar refractivity (Wildman–Crippen MR) is 124 cm³/mol. The Balaban J connectivity index is 1.19. The molecule has 4 rings (SSSR count). The van der Waals surface area contributed by atoms with Gasteiger partial charge in [-0.2, -0.15) is 4.99 Å². The molecule has 9 nitrogen and oxygen atoms in total. The smallest absolute Gasteiger partial charge is 0.262 e. The Labute approximate surface area is 191 Å². The van der Waals surface area contributed by atoms with Crippen LogP contribution in [0, 0.1) is 0 Å². The van der Waals surface area contributed by atoms with Gasteiger partial charge in [0.2, 0.25) is 5.91 Å². The fourth-order valence-electron chi connectivity index (χ4n) is 3.89. The molecule has 0 bridgehead atoms. The van der Waals surface area contributed by atoms with Crippen LogP contribution in [-0.4, -0.2) is 90.4 Å². The molecule has 10 heteroatoms. The molecular formula is C22H29N5O4S.